The highest BCUT2D eigenvalue weighted by molar-refractivity contribution is 6.06. The molecule has 0 aliphatic rings. The minimum Gasteiger partial charge on any atom is -0.506 e. The number of aliphatic hydroxyl groups is 1. The number of hydrogen-bond acceptors (Lipinski definition) is 2. The summed E-state index contributed by atoms with van der Waals surface area (Å²) in [7, 11) is 0. The molecule has 0 unspecified atom stereocenters. The van der Waals surface area contributed by atoms with E-state index < -0.39 is 46.2 Å². The van der Waals surface area contributed by atoms with Crippen molar-refractivity contribution in [2.75, 3.05) is 0 Å². The number of carbonyl (C=O) groups is 1. The van der Waals surface area contributed by atoms with Gasteiger partial charge in [-0.1, -0.05) is 0 Å². The maximum atomic E-state index is 13.1. The van der Waals surface area contributed by atoms with E-state index in [0.29, 0.717) is 18.5 Å². The molecule has 2 aromatic rings. The van der Waals surface area contributed by atoms with Crippen molar-refractivity contribution in [1.29, 1.82) is 0 Å². The normalized spacial score (nSPS) is 11.9. The van der Waals surface area contributed by atoms with E-state index in [4.69, 9.17) is 0 Å². The van der Waals surface area contributed by atoms with Crippen LogP contribution in [-0.2, 0) is 0 Å². The van der Waals surface area contributed by atoms with Crippen LogP contribution in [0.1, 0.15) is 16.2 Å². The molecule has 0 saturated carbocycles. The number of aromatic amines is 2. The summed E-state index contributed by atoms with van der Waals surface area (Å²) < 4.78 is 51.5. The fourth-order valence-electron chi connectivity index (χ4n) is 1.40. The molecule has 0 atom stereocenters. The third kappa shape index (κ3) is 2.24. The molecule has 2 aromatic heterocycles. The smallest absolute Gasteiger partial charge is 0.208 e. The van der Waals surface area contributed by atoms with Gasteiger partial charge in [0.05, 0.1) is 0 Å². The number of nitrogens with one attached hydrogen (secondary N) is 2. The zero-order valence-electron chi connectivity index (χ0n) is 9.10. The quantitative estimate of drug-likeness (QED) is 0.348. The summed E-state index contributed by atoms with van der Waals surface area (Å²) in [5.41, 5.74) is -1.41. The molecule has 3 N–H and O–H groups in total. The van der Waals surface area contributed by atoms with Crippen LogP contribution in [0.3, 0.4) is 0 Å². The van der Waals surface area contributed by atoms with Crippen LogP contribution >= 0.6 is 0 Å². The first-order chi connectivity index (χ1) is 8.91. The summed E-state index contributed by atoms with van der Waals surface area (Å²) in [5, 5.41) is 9.42. The molecule has 0 aromatic carbocycles. The number of aliphatic hydroxyl groups excluding tert-OH is 1. The molecule has 8 heteroatoms. The lowest BCUT2D eigenvalue weighted by atomic mass is 10.2. The molecule has 0 bridgehead atoms. The maximum Gasteiger partial charge on any atom is 0.208 e. The Hall–Kier alpha value is -2.51. The zero-order valence-corrected chi connectivity index (χ0v) is 9.10. The van der Waals surface area contributed by atoms with Gasteiger partial charge < -0.3 is 15.1 Å². The second-order valence-corrected chi connectivity index (χ2v) is 3.55. The Labute approximate surface area is 103 Å². The van der Waals surface area contributed by atoms with Crippen LogP contribution in [0.4, 0.5) is 17.6 Å². The SMILES string of the molecule is O=C(/C=C(\O)c1[nH]cc(F)c1F)c1[nH]cc(F)c1F. The summed E-state index contributed by atoms with van der Waals surface area (Å²) in [5.74, 6) is -7.41. The molecule has 0 saturated heterocycles. The average molecular weight is 274 g/mol. The predicted octanol–water partition coefficient (Wildman–Crippen LogP) is 2.68. The van der Waals surface area contributed by atoms with Gasteiger partial charge in [-0.3, -0.25) is 4.79 Å². The van der Waals surface area contributed by atoms with Crippen molar-refractivity contribution in [2.45, 2.75) is 0 Å². The number of halogens is 4. The number of ketones is 1. The van der Waals surface area contributed by atoms with Crippen LogP contribution in [0.25, 0.3) is 5.76 Å². The lowest BCUT2D eigenvalue weighted by Crippen LogP contribution is -2.01. The minimum atomic E-state index is -1.42. The van der Waals surface area contributed by atoms with Crippen molar-refractivity contribution in [3.8, 4) is 0 Å². The van der Waals surface area contributed by atoms with Crippen LogP contribution in [0, 0.1) is 23.3 Å². The maximum absolute atomic E-state index is 13.1. The molecule has 0 radical (unpaired) electrons. The lowest BCUT2D eigenvalue weighted by Gasteiger charge is -1.97. The van der Waals surface area contributed by atoms with Crippen molar-refractivity contribution in [2.24, 2.45) is 0 Å². The highest BCUT2D eigenvalue weighted by Crippen LogP contribution is 2.18. The molecular weight excluding hydrogens is 268 g/mol. The molecule has 0 fully saturated rings. The van der Waals surface area contributed by atoms with Crippen molar-refractivity contribution in [3.63, 3.8) is 0 Å². The van der Waals surface area contributed by atoms with E-state index in [-0.39, 0.29) is 0 Å². The van der Waals surface area contributed by atoms with E-state index in [2.05, 4.69) is 4.98 Å². The van der Waals surface area contributed by atoms with Crippen LogP contribution in [0.2, 0.25) is 0 Å². The molecular formula is C11H6F4N2O2. The van der Waals surface area contributed by atoms with Crippen molar-refractivity contribution in [1.82, 2.24) is 9.97 Å². The van der Waals surface area contributed by atoms with E-state index in [9.17, 15) is 27.5 Å². The van der Waals surface area contributed by atoms with Gasteiger partial charge in [-0.15, -0.1) is 0 Å². The fourth-order valence-corrected chi connectivity index (χ4v) is 1.40. The number of allylic oxidation sites excluding steroid dienone is 1. The zero-order chi connectivity index (χ0) is 14.2. The third-order valence-electron chi connectivity index (χ3n) is 2.32. The molecule has 100 valence electrons. The first kappa shape index (κ1) is 12.9. The Kier molecular flexibility index (Phi) is 3.16. The molecule has 4 nitrogen and oxygen atoms in total. The molecule has 19 heavy (non-hydrogen) atoms. The first-order valence-electron chi connectivity index (χ1n) is 4.92. The topological polar surface area (TPSA) is 68.9 Å². The standard InChI is InChI=1S/C11H6F4N2O2/c12-4-2-16-10(8(4)14)6(18)1-7(19)11-9(15)5(13)3-17-11/h1-3,16-18H/b6-1-. The number of aromatic nitrogens is 2. The highest BCUT2D eigenvalue weighted by Gasteiger charge is 2.19. The summed E-state index contributed by atoms with van der Waals surface area (Å²) in [6.45, 7) is 0. The van der Waals surface area contributed by atoms with E-state index in [0.717, 1.165) is 0 Å². The largest absolute Gasteiger partial charge is 0.506 e. The fraction of sp³-hybridized carbons (Fsp3) is 0. The molecule has 0 spiro atoms. The second-order valence-electron chi connectivity index (χ2n) is 3.55. The Morgan fingerprint density at radius 2 is 1.47 bits per heavy atom. The van der Waals surface area contributed by atoms with E-state index >= 15 is 0 Å². The van der Waals surface area contributed by atoms with Crippen molar-refractivity contribution < 1.29 is 27.5 Å². The molecule has 2 rings (SSSR count). The molecule has 0 amide bonds. The summed E-state index contributed by atoms with van der Waals surface area (Å²) in [6.07, 6.45) is 1.68. The van der Waals surface area contributed by atoms with Gasteiger partial charge in [-0.05, 0) is 0 Å². The van der Waals surface area contributed by atoms with Gasteiger partial charge >= 0.3 is 0 Å². The van der Waals surface area contributed by atoms with Gasteiger partial charge in [0.1, 0.15) is 17.1 Å². The lowest BCUT2D eigenvalue weighted by molar-refractivity contribution is 0.103. The summed E-state index contributed by atoms with van der Waals surface area (Å²) in [6, 6.07) is 0. The second kappa shape index (κ2) is 4.63. The Bertz CT molecular complexity index is 672. The Balaban J connectivity index is 2.34. The first-order valence-corrected chi connectivity index (χ1v) is 4.92. The van der Waals surface area contributed by atoms with Crippen LogP contribution in [-0.4, -0.2) is 20.9 Å². The number of carbonyl (C=O) groups excluding carboxylic acids is 1. The van der Waals surface area contributed by atoms with Gasteiger partial charge in [0.15, 0.2) is 23.3 Å². The predicted molar refractivity (Wildman–Crippen MR) is 56.4 cm³/mol. The molecule has 0 aliphatic heterocycles. The Morgan fingerprint density at radius 1 is 1.00 bits per heavy atom. The van der Waals surface area contributed by atoms with E-state index in [1.165, 1.54) is 0 Å². The molecule has 0 aliphatic carbocycles. The van der Waals surface area contributed by atoms with Crippen molar-refractivity contribution >= 4 is 11.5 Å². The molecule has 2 heterocycles. The highest BCUT2D eigenvalue weighted by atomic mass is 19.2. The number of H-pyrrole nitrogens is 2. The van der Waals surface area contributed by atoms with E-state index in [1.54, 1.807) is 0 Å². The third-order valence-corrected chi connectivity index (χ3v) is 2.32. The average Bonchev–Trinajstić information content (AvgIpc) is 2.85. The number of rotatable bonds is 3. The number of hydrogen-bond donors (Lipinski definition) is 3. The Morgan fingerprint density at radius 3 is 1.89 bits per heavy atom. The van der Waals surface area contributed by atoms with Gasteiger partial charge in [-0.2, -0.15) is 0 Å². The monoisotopic (exact) mass is 274 g/mol. The summed E-state index contributed by atoms with van der Waals surface area (Å²) in [4.78, 5) is 15.5. The summed E-state index contributed by atoms with van der Waals surface area (Å²) >= 11 is 0. The minimum absolute atomic E-state index is 0.433. The van der Waals surface area contributed by atoms with Gasteiger partial charge in [0, 0.05) is 18.5 Å². The van der Waals surface area contributed by atoms with Crippen LogP contribution in [0.15, 0.2) is 18.5 Å². The van der Waals surface area contributed by atoms with Gasteiger partial charge in [0.25, 0.3) is 0 Å². The van der Waals surface area contributed by atoms with Crippen molar-refractivity contribution in [3.05, 3.63) is 53.1 Å². The van der Waals surface area contributed by atoms with Gasteiger partial charge in [0.2, 0.25) is 5.78 Å². The van der Waals surface area contributed by atoms with Crippen LogP contribution in [0.5, 0.6) is 0 Å². The van der Waals surface area contributed by atoms with Gasteiger partial charge in [-0.25, -0.2) is 17.6 Å². The van der Waals surface area contributed by atoms with E-state index in [1.807, 2.05) is 4.98 Å². The van der Waals surface area contributed by atoms with Crippen LogP contribution < -0.4 is 0 Å².